The number of rotatable bonds is 2. The van der Waals surface area contributed by atoms with Crippen LogP contribution in [0.1, 0.15) is 34.8 Å². The van der Waals surface area contributed by atoms with Crippen LogP contribution < -0.4 is 0 Å². The number of amides is 1. The van der Waals surface area contributed by atoms with E-state index in [4.69, 9.17) is 0 Å². The third-order valence-corrected chi connectivity index (χ3v) is 3.75. The van der Waals surface area contributed by atoms with Gasteiger partial charge in [0.2, 0.25) is 0 Å². The maximum Gasteiger partial charge on any atom is 0.311 e. The molecule has 1 saturated heterocycles. The van der Waals surface area contributed by atoms with Crippen LogP contribution in [0.4, 0.5) is 0 Å². The molecule has 1 aromatic rings. The van der Waals surface area contributed by atoms with Crippen molar-refractivity contribution in [1.82, 2.24) is 4.90 Å². The fourth-order valence-corrected chi connectivity index (χ4v) is 2.59. The van der Waals surface area contributed by atoms with Crippen LogP contribution in [0.2, 0.25) is 0 Å². The van der Waals surface area contributed by atoms with Crippen LogP contribution in [0.25, 0.3) is 0 Å². The van der Waals surface area contributed by atoms with Gasteiger partial charge >= 0.3 is 5.97 Å². The lowest BCUT2D eigenvalue weighted by Gasteiger charge is -2.20. The summed E-state index contributed by atoms with van der Waals surface area (Å²) in [4.78, 5) is 25.2. The lowest BCUT2D eigenvalue weighted by Crippen LogP contribution is -2.34. The van der Waals surface area contributed by atoms with Gasteiger partial charge in [0.1, 0.15) is 0 Å². The number of likely N-dealkylation sites (tertiary alicyclic amines) is 1. The van der Waals surface area contributed by atoms with Crippen molar-refractivity contribution < 1.29 is 14.7 Å². The Kier molecular flexibility index (Phi) is 3.35. The second-order valence-corrected chi connectivity index (χ2v) is 5.72. The Morgan fingerprint density at radius 1 is 1.21 bits per heavy atom. The van der Waals surface area contributed by atoms with Gasteiger partial charge in [-0.2, -0.15) is 0 Å². The Balaban J connectivity index is 2.20. The number of benzene rings is 1. The smallest absolute Gasteiger partial charge is 0.311 e. The van der Waals surface area contributed by atoms with Crippen molar-refractivity contribution in [2.45, 2.75) is 27.2 Å². The van der Waals surface area contributed by atoms with Gasteiger partial charge in [-0.15, -0.1) is 0 Å². The molecule has 1 fully saturated rings. The molecule has 0 radical (unpaired) electrons. The van der Waals surface area contributed by atoms with Crippen molar-refractivity contribution >= 4 is 11.9 Å². The van der Waals surface area contributed by atoms with E-state index in [-0.39, 0.29) is 12.5 Å². The number of hydrogen-bond acceptors (Lipinski definition) is 2. The third-order valence-electron chi connectivity index (χ3n) is 3.75. The molecule has 19 heavy (non-hydrogen) atoms. The zero-order valence-corrected chi connectivity index (χ0v) is 11.6. The van der Waals surface area contributed by atoms with E-state index in [1.807, 2.05) is 32.0 Å². The van der Waals surface area contributed by atoms with Gasteiger partial charge in [0, 0.05) is 18.7 Å². The number of carboxylic acids is 1. The molecule has 0 aromatic heterocycles. The van der Waals surface area contributed by atoms with Crippen molar-refractivity contribution in [3.63, 3.8) is 0 Å². The summed E-state index contributed by atoms with van der Waals surface area (Å²) >= 11 is 0. The minimum atomic E-state index is -0.830. The summed E-state index contributed by atoms with van der Waals surface area (Å²) in [5, 5.41) is 9.19. The Labute approximate surface area is 113 Å². The molecule has 0 bridgehead atoms. The Hall–Kier alpha value is -1.84. The standard InChI is InChI=1S/C15H19NO3/c1-10-6-11(2)8-12(7-10)13(17)16-5-4-15(3,9-16)14(18)19/h6-8H,4-5,9H2,1-3H3,(H,18,19). The molecule has 1 heterocycles. The predicted molar refractivity (Wildman–Crippen MR) is 72.2 cm³/mol. The van der Waals surface area contributed by atoms with Gasteiger partial charge in [-0.1, -0.05) is 17.2 Å². The molecule has 0 aliphatic carbocycles. The number of carbonyl (C=O) groups is 2. The first-order valence-corrected chi connectivity index (χ1v) is 6.43. The monoisotopic (exact) mass is 261 g/mol. The van der Waals surface area contributed by atoms with E-state index < -0.39 is 11.4 Å². The van der Waals surface area contributed by atoms with Gasteiger partial charge in [0.25, 0.3) is 5.91 Å². The van der Waals surface area contributed by atoms with Gasteiger partial charge in [-0.25, -0.2) is 0 Å². The van der Waals surface area contributed by atoms with Crippen molar-refractivity contribution in [1.29, 1.82) is 0 Å². The summed E-state index contributed by atoms with van der Waals surface area (Å²) in [6.07, 6.45) is 0.513. The number of nitrogens with zero attached hydrogens (tertiary/aromatic N) is 1. The molecule has 1 unspecified atom stereocenters. The normalized spacial score (nSPS) is 22.6. The van der Waals surface area contributed by atoms with Crippen LogP contribution in [0.15, 0.2) is 18.2 Å². The van der Waals surface area contributed by atoms with Crippen LogP contribution >= 0.6 is 0 Å². The summed E-state index contributed by atoms with van der Waals surface area (Å²) in [7, 11) is 0. The molecule has 0 spiro atoms. The largest absolute Gasteiger partial charge is 0.481 e. The molecule has 1 atom stereocenters. The Morgan fingerprint density at radius 2 is 1.79 bits per heavy atom. The SMILES string of the molecule is Cc1cc(C)cc(C(=O)N2CCC(C)(C(=O)O)C2)c1. The predicted octanol–water partition coefficient (Wildman–Crippen LogP) is 2.24. The highest BCUT2D eigenvalue weighted by Gasteiger charge is 2.42. The number of hydrogen-bond donors (Lipinski definition) is 1. The summed E-state index contributed by atoms with van der Waals surface area (Å²) in [6.45, 7) is 6.40. The number of aryl methyl sites for hydroxylation is 2. The highest BCUT2D eigenvalue weighted by molar-refractivity contribution is 5.95. The average molecular weight is 261 g/mol. The molecule has 2 rings (SSSR count). The van der Waals surface area contributed by atoms with Crippen molar-refractivity contribution in [3.8, 4) is 0 Å². The van der Waals surface area contributed by atoms with Gasteiger partial charge in [-0.3, -0.25) is 9.59 Å². The first-order valence-electron chi connectivity index (χ1n) is 6.43. The maximum absolute atomic E-state index is 12.4. The van der Waals surface area contributed by atoms with Crippen molar-refractivity contribution in [3.05, 3.63) is 34.9 Å². The van der Waals surface area contributed by atoms with Crippen LogP contribution in [0, 0.1) is 19.3 Å². The first-order chi connectivity index (χ1) is 8.82. The highest BCUT2D eigenvalue weighted by Crippen LogP contribution is 2.31. The third kappa shape index (κ3) is 2.62. The molecule has 1 amide bonds. The van der Waals surface area contributed by atoms with E-state index in [0.717, 1.165) is 11.1 Å². The first kappa shape index (κ1) is 13.6. The van der Waals surface area contributed by atoms with E-state index >= 15 is 0 Å². The molecule has 102 valence electrons. The highest BCUT2D eigenvalue weighted by atomic mass is 16.4. The van der Waals surface area contributed by atoms with E-state index in [0.29, 0.717) is 18.5 Å². The quantitative estimate of drug-likeness (QED) is 0.888. The van der Waals surface area contributed by atoms with Gasteiger partial charge in [0.15, 0.2) is 0 Å². The number of carboxylic acid groups (broad SMARTS) is 1. The molecule has 0 saturated carbocycles. The van der Waals surface area contributed by atoms with E-state index in [1.165, 1.54) is 0 Å². The molecule has 1 aromatic carbocycles. The minimum Gasteiger partial charge on any atom is -0.481 e. The van der Waals surface area contributed by atoms with Crippen LogP contribution in [-0.2, 0) is 4.79 Å². The Morgan fingerprint density at radius 3 is 2.26 bits per heavy atom. The summed E-state index contributed by atoms with van der Waals surface area (Å²) < 4.78 is 0. The minimum absolute atomic E-state index is 0.0724. The van der Waals surface area contributed by atoms with E-state index in [9.17, 15) is 14.7 Å². The van der Waals surface area contributed by atoms with Crippen LogP contribution in [-0.4, -0.2) is 35.0 Å². The second kappa shape index (κ2) is 4.68. The van der Waals surface area contributed by atoms with Crippen molar-refractivity contribution in [2.24, 2.45) is 5.41 Å². The van der Waals surface area contributed by atoms with Crippen LogP contribution in [0.5, 0.6) is 0 Å². The van der Waals surface area contributed by atoms with Crippen molar-refractivity contribution in [2.75, 3.05) is 13.1 Å². The number of carbonyl (C=O) groups excluding carboxylic acids is 1. The fourth-order valence-electron chi connectivity index (χ4n) is 2.59. The topological polar surface area (TPSA) is 57.6 Å². The Bertz CT molecular complexity index is 518. The molecule has 1 aliphatic heterocycles. The van der Waals surface area contributed by atoms with Gasteiger partial charge < -0.3 is 10.0 Å². The molecule has 4 nitrogen and oxygen atoms in total. The lowest BCUT2D eigenvalue weighted by molar-refractivity contribution is -0.147. The second-order valence-electron chi connectivity index (χ2n) is 5.72. The van der Waals surface area contributed by atoms with E-state index in [2.05, 4.69) is 0 Å². The van der Waals surface area contributed by atoms with Gasteiger partial charge in [0.05, 0.1) is 5.41 Å². The molecule has 1 N–H and O–H groups in total. The molecule has 4 heteroatoms. The van der Waals surface area contributed by atoms with Crippen LogP contribution in [0.3, 0.4) is 0 Å². The average Bonchev–Trinajstić information content (AvgIpc) is 2.71. The van der Waals surface area contributed by atoms with Gasteiger partial charge in [-0.05, 0) is 39.3 Å². The van der Waals surface area contributed by atoms with E-state index in [1.54, 1.807) is 11.8 Å². The maximum atomic E-state index is 12.4. The zero-order valence-electron chi connectivity index (χ0n) is 11.6. The lowest BCUT2D eigenvalue weighted by atomic mass is 9.90. The summed E-state index contributed by atoms with van der Waals surface area (Å²) in [5.74, 6) is -0.903. The zero-order chi connectivity index (χ0) is 14.2. The molecular formula is C15H19NO3. The molecular weight excluding hydrogens is 242 g/mol. The molecule has 1 aliphatic rings. The fraction of sp³-hybridized carbons (Fsp3) is 0.467. The number of aliphatic carboxylic acids is 1. The summed E-state index contributed by atoms with van der Waals surface area (Å²) in [5.41, 5.74) is 1.92. The summed E-state index contributed by atoms with van der Waals surface area (Å²) in [6, 6.07) is 5.72.